The van der Waals surface area contributed by atoms with Crippen molar-refractivity contribution >= 4 is 0 Å². The normalized spacial score (nSPS) is 21.4. The molecule has 19 heavy (non-hydrogen) atoms. The third kappa shape index (κ3) is 3.48. The summed E-state index contributed by atoms with van der Waals surface area (Å²) >= 11 is 0. The lowest BCUT2D eigenvalue weighted by molar-refractivity contribution is 0.342. The highest BCUT2D eigenvalue weighted by Crippen LogP contribution is 2.30. The third-order valence-electron chi connectivity index (χ3n) is 3.94. The van der Waals surface area contributed by atoms with Crippen molar-refractivity contribution < 1.29 is 4.74 Å². The van der Waals surface area contributed by atoms with Gasteiger partial charge in [0.15, 0.2) is 0 Å². The highest BCUT2D eigenvalue weighted by Gasteiger charge is 2.19. The van der Waals surface area contributed by atoms with Gasteiger partial charge in [0.25, 0.3) is 0 Å². The number of hydrogen-bond acceptors (Lipinski definition) is 3. The smallest absolute Gasteiger partial charge is 0.122 e. The molecule has 0 amide bonds. The fraction of sp³-hybridized carbons (Fsp3) is 0.625. The Morgan fingerprint density at radius 2 is 2.16 bits per heavy atom. The molecule has 1 unspecified atom stereocenters. The Kier molecular flexibility index (Phi) is 4.83. The van der Waals surface area contributed by atoms with Crippen LogP contribution < -0.4 is 10.1 Å². The molecule has 1 heterocycles. The number of rotatable bonds is 3. The molecule has 106 valence electrons. The van der Waals surface area contributed by atoms with Gasteiger partial charge in [-0.25, -0.2) is 0 Å². The van der Waals surface area contributed by atoms with E-state index in [1.165, 1.54) is 11.1 Å². The van der Waals surface area contributed by atoms with Gasteiger partial charge >= 0.3 is 0 Å². The van der Waals surface area contributed by atoms with E-state index in [2.05, 4.69) is 49.3 Å². The summed E-state index contributed by atoms with van der Waals surface area (Å²) in [6.07, 6.45) is 0. The van der Waals surface area contributed by atoms with E-state index in [0.717, 1.165) is 31.9 Å². The minimum absolute atomic E-state index is 0.492. The number of nitrogens with zero attached hydrogens (tertiary/aromatic N) is 1. The second-order valence-electron chi connectivity index (χ2n) is 5.82. The number of benzene rings is 1. The highest BCUT2D eigenvalue weighted by atomic mass is 16.5. The van der Waals surface area contributed by atoms with Crippen LogP contribution in [0.4, 0.5) is 0 Å². The van der Waals surface area contributed by atoms with Gasteiger partial charge in [-0.3, -0.25) is 0 Å². The summed E-state index contributed by atoms with van der Waals surface area (Å²) in [7, 11) is 3.95. The van der Waals surface area contributed by atoms with E-state index in [1.54, 1.807) is 7.11 Å². The second-order valence-corrected chi connectivity index (χ2v) is 5.82. The Hall–Kier alpha value is -1.06. The minimum Gasteiger partial charge on any atom is -0.496 e. The van der Waals surface area contributed by atoms with E-state index in [1.807, 2.05) is 0 Å². The molecule has 1 aliphatic rings. The molecule has 1 fully saturated rings. The Labute approximate surface area is 116 Å². The first kappa shape index (κ1) is 14.4. The molecular weight excluding hydrogens is 236 g/mol. The van der Waals surface area contributed by atoms with E-state index in [0.29, 0.717) is 11.8 Å². The molecule has 0 saturated carbocycles. The molecule has 1 N–H and O–H groups in total. The summed E-state index contributed by atoms with van der Waals surface area (Å²) in [5.74, 6) is 2.07. The lowest BCUT2D eigenvalue weighted by atomic mass is 9.92. The van der Waals surface area contributed by atoms with Crippen molar-refractivity contribution in [3.63, 3.8) is 0 Å². The van der Waals surface area contributed by atoms with Crippen LogP contribution in [0.15, 0.2) is 18.2 Å². The summed E-state index contributed by atoms with van der Waals surface area (Å²) in [5, 5.41) is 3.53. The average Bonchev–Trinajstić information content (AvgIpc) is 2.62. The molecular formula is C16H26N2O. The number of ether oxygens (including phenoxy) is 1. The van der Waals surface area contributed by atoms with Gasteiger partial charge in [-0.05, 0) is 30.2 Å². The quantitative estimate of drug-likeness (QED) is 0.905. The lowest BCUT2D eigenvalue weighted by Gasteiger charge is -2.22. The maximum atomic E-state index is 5.47. The fourth-order valence-corrected chi connectivity index (χ4v) is 2.76. The number of nitrogens with one attached hydrogen (secondary N) is 1. The van der Waals surface area contributed by atoms with Gasteiger partial charge < -0.3 is 15.0 Å². The zero-order valence-corrected chi connectivity index (χ0v) is 12.6. The molecule has 1 aliphatic heterocycles. The Bertz CT molecular complexity index is 417. The molecule has 0 spiro atoms. The first-order chi connectivity index (χ1) is 9.11. The standard InChI is InChI=1S/C16H26N2O/c1-12(2)15-9-13(5-6-16(15)19-4)14-10-17-7-8-18(3)11-14/h5-6,9,12,14,17H,7-8,10-11H2,1-4H3. The lowest BCUT2D eigenvalue weighted by Crippen LogP contribution is -2.24. The van der Waals surface area contributed by atoms with Crippen LogP contribution in [-0.4, -0.2) is 45.2 Å². The van der Waals surface area contributed by atoms with Crippen LogP contribution in [-0.2, 0) is 0 Å². The molecule has 3 heteroatoms. The molecule has 0 aliphatic carbocycles. The number of methoxy groups -OCH3 is 1. The van der Waals surface area contributed by atoms with Crippen LogP contribution in [0.5, 0.6) is 5.75 Å². The maximum absolute atomic E-state index is 5.47. The first-order valence-corrected chi connectivity index (χ1v) is 7.19. The minimum atomic E-state index is 0.492. The van der Waals surface area contributed by atoms with Crippen LogP contribution in [0.25, 0.3) is 0 Å². The van der Waals surface area contributed by atoms with Crippen molar-refractivity contribution in [3.8, 4) is 5.75 Å². The van der Waals surface area contributed by atoms with Crippen LogP contribution >= 0.6 is 0 Å². The van der Waals surface area contributed by atoms with E-state index in [-0.39, 0.29) is 0 Å². The molecule has 1 aromatic rings. The van der Waals surface area contributed by atoms with Crippen molar-refractivity contribution in [2.45, 2.75) is 25.7 Å². The summed E-state index contributed by atoms with van der Waals surface area (Å²) in [5.41, 5.74) is 2.73. The second kappa shape index (κ2) is 6.40. The first-order valence-electron chi connectivity index (χ1n) is 7.19. The third-order valence-corrected chi connectivity index (χ3v) is 3.94. The van der Waals surface area contributed by atoms with Crippen molar-refractivity contribution in [2.75, 3.05) is 40.3 Å². The van der Waals surface area contributed by atoms with Crippen LogP contribution in [0.1, 0.15) is 36.8 Å². The molecule has 0 bridgehead atoms. The monoisotopic (exact) mass is 262 g/mol. The predicted molar refractivity (Wildman–Crippen MR) is 80.2 cm³/mol. The van der Waals surface area contributed by atoms with E-state index >= 15 is 0 Å². The van der Waals surface area contributed by atoms with Crippen molar-refractivity contribution in [3.05, 3.63) is 29.3 Å². The summed E-state index contributed by atoms with van der Waals surface area (Å²) in [4.78, 5) is 2.41. The van der Waals surface area contributed by atoms with E-state index < -0.39 is 0 Å². The Morgan fingerprint density at radius 3 is 2.84 bits per heavy atom. The largest absolute Gasteiger partial charge is 0.496 e. The molecule has 0 radical (unpaired) electrons. The topological polar surface area (TPSA) is 24.5 Å². The van der Waals surface area contributed by atoms with Gasteiger partial charge in [-0.1, -0.05) is 26.0 Å². The van der Waals surface area contributed by atoms with Crippen molar-refractivity contribution in [2.24, 2.45) is 0 Å². The molecule has 2 rings (SSSR count). The van der Waals surface area contributed by atoms with Crippen molar-refractivity contribution in [1.29, 1.82) is 0 Å². The van der Waals surface area contributed by atoms with E-state index in [9.17, 15) is 0 Å². The zero-order chi connectivity index (χ0) is 13.8. The molecule has 1 aromatic carbocycles. The highest BCUT2D eigenvalue weighted by molar-refractivity contribution is 5.40. The molecule has 0 aromatic heterocycles. The fourth-order valence-electron chi connectivity index (χ4n) is 2.76. The summed E-state index contributed by atoms with van der Waals surface area (Å²) in [6.45, 7) is 8.84. The van der Waals surface area contributed by atoms with Gasteiger partial charge in [-0.2, -0.15) is 0 Å². The van der Waals surface area contributed by atoms with Gasteiger partial charge in [0, 0.05) is 32.1 Å². The number of likely N-dealkylation sites (N-methyl/N-ethyl adjacent to an activating group) is 1. The SMILES string of the molecule is COc1ccc(C2CNCCN(C)C2)cc1C(C)C. The average molecular weight is 262 g/mol. The van der Waals surface area contributed by atoms with Gasteiger partial charge in [0.1, 0.15) is 5.75 Å². The zero-order valence-electron chi connectivity index (χ0n) is 12.6. The molecule has 3 nitrogen and oxygen atoms in total. The van der Waals surface area contributed by atoms with Crippen LogP contribution in [0.3, 0.4) is 0 Å². The Morgan fingerprint density at radius 1 is 1.37 bits per heavy atom. The van der Waals surface area contributed by atoms with E-state index in [4.69, 9.17) is 4.74 Å². The Balaban J connectivity index is 2.26. The van der Waals surface area contributed by atoms with Gasteiger partial charge in [0.05, 0.1) is 7.11 Å². The van der Waals surface area contributed by atoms with Gasteiger partial charge in [0.2, 0.25) is 0 Å². The van der Waals surface area contributed by atoms with Crippen LogP contribution in [0.2, 0.25) is 0 Å². The van der Waals surface area contributed by atoms with Crippen LogP contribution in [0, 0.1) is 0 Å². The number of hydrogen-bond donors (Lipinski definition) is 1. The molecule has 1 saturated heterocycles. The molecule has 1 atom stereocenters. The summed E-state index contributed by atoms with van der Waals surface area (Å²) < 4.78 is 5.47. The summed E-state index contributed by atoms with van der Waals surface area (Å²) in [6, 6.07) is 6.67. The maximum Gasteiger partial charge on any atom is 0.122 e. The predicted octanol–water partition coefficient (Wildman–Crippen LogP) is 2.44. The van der Waals surface area contributed by atoms with Crippen molar-refractivity contribution in [1.82, 2.24) is 10.2 Å². The van der Waals surface area contributed by atoms with Gasteiger partial charge in [-0.15, -0.1) is 0 Å².